The number of carboxylic acids is 1. The normalized spacial score (nSPS) is 10.7. The minimum atomic E-state index is -1.13. The zero-order valence-electron chi connectivity index (χ0n) is 8.14. The lowest BCUT2D eigenvalue weighted by Gasteiger charge is -1.99. The number of aromatic carboxylic acids is 1. The van der Waals surface area contributed by atoms with Gasteiger partial charge in [0.1, 0.15) is 17.1 Å². The Morgan fingerprint density at radius 1 is 1.60 bits per heavy atom. The van der Waals surface area contributed by atoms with Crippen molar-refractivity contribution < 1.29 is 15.0 Å². The van der Waals surface area contributed by atoms with Crippen molar-refractivity contribution >= 4 is 11.5 Å². The lowest BCUT2D eigenvalue weighted by Crippen LogP contribution is -1.97. The number of carbonyl (C=O) groups is 1. The van der Waals surface area contributed by atoms with Crippen molar-refractivity contribution in [1.29, 1.82) is 0 Å². The van der Waals surface area contributed by atoms with E-state index in [1.54, 1.807) is 16.7 Å². The van der Waals surface area contributed by atoms with Gasteiger partial charge in [-0.3, -0.25) is 4.40 Å². The fraction of sp³-hybridized carbons (Fsp3) is 0.200. The number of fused-ring (bicyclic) bond motifs is 1. The molecule has 2 N–H and O–H groups in total. The van der Waals surface area contributed by atoms with Crippen LogP contribution in [0.2, 0.25) is 0 Å². The molecule has 0 saturated heterocycles. The average Bonchev–Trinajstić information content (AvgIpc) is 2.58. The van der Waals surface area contributed by atoms with Crippen LogP contribution in [0.3, 0.4) is 0 Å². The Hall–Kier alpha value is -2.04. The molecule has 0 saturated carbocycles. The van der Waals surface area contributed by atoms with Crippen molar-refractivity contribution in [3.63, 3.8) is 0 Å². The first kappa shape index (κ1) is 9.51. The predicted molar refractivity (Wildman–Crippen MR) is 53.2 cm³/mol. The molecule has 0 aliphatic rings. The number of pyridine rings is 1. The SMILES string of the molecule is CCc1nc(C(=O)O)c2c(O)cccn12. The van der Waals surface area contributed by atoms with Gasteiger partial charge in [-0.05, 0) is 12.1 Å². The van der Waals surface area contributed by atoms with Crippen LogP contribution in [0, 0.1) is 0 Å². The van der Waals surface area contributed by atoms with Crippen molar-refractivity contribution in [2.45, 2.75) is 13.3 Å². The van der Waals surface area contributed by atoms with Gasteiger partial charge in [-0.1, -0.05) is 6.92 Å². The second-order valence-electron chi connectivity index (χ2n) is 3.15. The van der Waals surface area contributed by atoms with Gasteiger partial charge in [0.25, 0.3) is 0 Å². The number of aryl methyl sites for hydroxylation is 1. The number of carboxylic acid groups (broad SMARTS) is 1. The molecule has 0 bridgehead atoms. The maximum Gasteiger partial charge on any atom is 0.356 e. The highest BCUT2D eigenvalue weighted by Gasteiger charge is 2.18. The van der Waals surface area contributed by atoms with Crippen LogP contribution in [0.5, 0.6) is 5.75 Å². The summed E-state index contributed by atoms with van der Waals surface area (Å²) in [4.78, 5) is 14.9. The summed E-state index contributed by atoms with van der Waals surface area (Å²) in [5, 5.41) is 18.5. The highest BCUT2D eigenvalue weighted by molar-refractivity contribution is 5.95. The molecule has 2 rings (SSSR count). The summed E-state index contributed by atoms with van der Waals surface area (Å²) in [6.07, 6.45) is 2.30. The van der Waals surface area contributed by atoms with E-state index in [0.29, 0.717) is 12.2 Å². The van der Waals surface area contributed by atoms with Crippen LogP contribution < -0.4 is 0 Å². The molecular weight excluding hydrogens is 196 g/mol. The minimum Gasteiger partial charge on any atom is -0.506 e. The van der Waals surface area contributed by atoms with Gasteiger partial charge in [-0.25, -0.2) is 9.78 Å². The maximum absolute atomic E-state index is 10.9. The monoisotopic (exact) mass is 206 g/mol. The van der Waals surface area contributed by atoms with E-state index in [4.69, 9.17) is 5.11 Å². The molecule has 78 valence electrons. The molecule has 0 amide bonds. The first-order valence-electron chi connectivity index (χ1n) is 4.57. The quantitative estimate of drug-likeness (QED) is 0.776. The molecule has 0 aliphatic carbocycles. The smallest absolute Gasteiger partial charge is 0.356 e. The topological polar surface area (TPSA) is 74.8 Å². The third kappa shape index (κ3) is 1.32. The lowest BCUT2D eigenvalue weighted by molar-refractivity contribution is 0.0693. The zero-order chi connectivity index (χ0) is 11.0. The molecular formula is C10H10N2O3. The van der Waals surface area contributed by atoms with Gasteiger partial charge in [0.15, 0.2) is 5.69 Å². The molecule has 5 nitrogen and oxygen atoms in total. The summed E-state index contributed by atoms with van der Waals surface area (Å²) in [7, 11) is 0. The summed E-state index contributed by atoms with van der Waals surface area (Å²) in [5.74, 6) is -0.575. The molecule has 0 spiro atoms. The van der Waals surface area contributed by atoms with Crippen LogP contribution in [0.15, 0.2) is 18.3 Å². The summed E-state index contributed by atoms with van der Waals surface area (Å²) in [5.41, 5.74) is 0.145. The molecule has 2 aromatic heterocycles. The Balaban J connectivity index is 2.88. The fourth-order valence-corrected chi connectivity index (χ4v) is 1.58. The van der Waals surface area contributed by atoms with Crippen LogP contribution in [-0.4, -0.2) is 25.6 Å². The number of hydrogen-bond donors (Lipinski definition) is 2. The van der Waals surface area contributed by atoms with Crippen molar-refractivity contribution in [1.82, 2.24) is 9.38 Å². The van der Waals surface area contributed by atoms with Crippen LogP contribution >= 0.6 is 0 Å². The third-order valence-electron chi connectivity index (χ3n) is 2.23. The first-order chi connectivity index (χ1) is 7.15. The van der Waals surface area contributed by atoms with Gasteiger partial charge >= 0.3 is 5.97 Å². The van der Waals surface area contributed by atoms with Crippen molar-refractivity contribution in [2.75, 3.05) is 0 Å². The van der Waals surface area contributed by atoms with Gasteiger partial charge in [0, 0.05) is 12.6 Å². The second-order valence-corrected chi connectivity index (χ2v) is 3.15. The summed E-state index contributed by atoms with van der Waals surface area (Å²) in [6, 6.07) is 3.09. The second kappa shape index (κ2) is 3.27. The molecule has 0 unspecified atom stereocenters. The maximum atomic E-state index is 10.9. The number of hydrogen-bond acceptors (Lipinski definition) is 3. The fourth-order valence-electron chi connectivity index (χ4n) is 1.58. The van der Waals surface area contributed by atoms with Gasteiger partial charge in [-0.15, -0.1) is 0 Å². The highest BCUT2D eigenvalue weighted by Crippen LogP contribution is 2.23. The predicted octanol–water partition coefficient (Wildman–Crippen LogP) is 1.30. The highest BCUT2D eigenvalue weighted by atomic mass is 16.4. The van der Waals surface area contributed by atoms with Crippen LogP contribution in [0.1, 0.15) is 23.2 Å². The van der Waals surface area contributed by atoms with Gasteiger partial charge in [0.05, 0.1) is 0 Å². The molecule has 0 aromatic carbocycles. The Labute approximate surface area is 85.6 Å². The molecule has 0 fully saturated rings. The zero-order valence-corrected chi connectivity index (χ0v) is 8.14. The number of aromatic hydroxyl groups is 1. The van der Waals surface area contributed by atoms with Crippen molar-refractivity contribution in [3.05, 3.63) is 29.8 Å². The molecule has 15 heavy (non-hydrogen) atoms. The van der Waals surface area contributed by atoms with E-state index < -0.39 is 5.97 Å². The standard InChI is InChI=1S/C10H10N2O3/c1-2-7-11-8(10(14)15)9-6(13)4-3-5-12(7)9/h3-5,13H,2H2,1H3,(H,14,15). The van der Waals surface area contributed by atoms with E-state index in [9.17, 15) is 9.90 Å². The molecule has 0 atom stereocenters. The Bertz CT molecular complexity index is 531. The molecule has 5 heteroatoms. The van der Waals surface area contributed by atoms with E-state index in [2.05, 4.69) is 4.98 Å². The minimum absolute atomic E-state index is 0.0675. The molecule has 0 aliphatic heterocycles. The van der Waals surface area contributed by atoms with Gasteiger partial charge < -0.3 is 10.2 Å². The van der Waals surface area contributed by atoms with Crippen LogP contribution in [0.25, 0.3) is 5.52 Å². The summed E-state index contributed by atoms with van der Waals surface area (Å²) < 4.78 is 1.60. The number of rotatable bonds is 2. The summed E-state index contributed by atoms with van der Waals surface area (Å²) in [6.45, 7) is 1.88. The number of nitrogens with zero attached hydrogens (tertiary/aromatic N) is 2. The first-order valence-corrected chi connectivity index (χ1v) is 4.57. The van der Waals surface area contributed by atoms with Crippen molar-refractivity contribution in [3.8, 4) is 5.75 Å². The van der Waals surface area contributed by atoms with Crippen LogP contribution in [0.4, 0.5) is 0 Å². The molecule has 0 radical (unpaired) electrons. The van der Waals surface area contributed by atoms with E-state index in [0.717, 1.165) is 0 Å². The summed E-state index contributed by atoms with van der Waals surface area (Å²) >= 11 is 0. The van der Waals surface area contributed by atoms with Gasteiger partial charge in [0.2, 0.25) is 0 Å². The van der Waals surface area contributed by atoms with Crippen LogP contribution in [-0.2, 0) is 6.42 Å². The van der Waals surface area contributed by atoms with E-state index in [-0.39, 0.29) is 17.0 Å². The number of aromatic nitrogens is 2. The third-order valence-corrected chi connectivity index (χ3v) is 2.23. The molecule has 2 heterocycles. The largest absolute Gasteiger partial charge is 0.506 e. The van der Waals surface area contributed by atoms with Crippen molar-refractivity contribution in [2.24, 2.45) is 0 Å². The Morgan fingerprint density at radius 2 is 2.33 bits per heavy atom. The lowest BCUT2D eigenvalue weighted by atomic mass is 10.3. The average molecular weight is 206 g/mol. The van der Waals surface area contributed by atoms with E-state index in [1.807, 2.05) is 6.92 Å². The van der Waals surface area contributed by atoms with E-state index in [1.165, 1.54) is 6.07 Å². The Morgan fingerprint density at radius 3 is 2.93 bits per heavy atom. The van der Waals surface area contributed by atoms with Gasteiger partial charge in [-0.2, -0.15) is 0 Å². The Kier molecular flexibility index (Phi) is 2.07. The number of imidazole rings is 1. The molecule has 2 aromatic rings. The van der Waals surface area contributed by atoms with E-state index >= 15 is 0 Å².